The number of amides is 2. The minimum atomic E-state index is -0.314. The van der Waals surface area contributed by atoms with Gasteiger partial charge in [0.25, 0.3) is 0 Å². The summed E-state index contributed by atoms with van der Waals surface area (Å²) in [6.45, 7) is 1.22. The third-order valence-electron chi connectivity index (χ3n) is 5.69. The van der Waals surface area contributed by atoms with Crippen molar-refractivity contribution in [3.05, 3.63) is 18.2 Å². The maximum Gasteiger partial charge on any atom is 0.319 e. The molecule has 1 heterocycles. The van der Waals surface area contributed by atoms with E-state index in [1.807, 2.05) is 0 Å². The van der Waals surface area contributed by atoms with Gasteiger partial charge in [0.2, 0.25) is 0 Å². The standard InChI is InChI=1S/C19H24N2O5/c1-24-18(22)16-11-3-4-12(9-11)17(16)21-19(23)20-13-5-6-14-15(10-13)26-8-2-7-25-14/h5-6,10-12,16-17H,2-4,7-9H2,1H3,(H2,20,21,23)/t11-,12-,16-,17+/m0/s1. The molecule has 2 bridgehead atoms. The van der Waals surface area contributed by atoms with Crippen LogP contribution < -0.4 is 20.1 Å². The van der Waals surface area contributed by atoms with Crippen LogP contribution in [0.5, 0.6) is 11.5 Å². The van der Waals surface area contributed by atoms with Crippen molar-refractivity contribution < 1.29 is 23.8 Å². The number of carbonyl (C=O) groups is 2. The zero-order chi connectivity index (χ0) is 18.1. The second-order valence-electron chi connectivity index (χ2n) is 7.22. The molecule has 0 spiro atoms. The molecule has 2 N–H and O–H groups in total. The van der Waals surface area contributed by atoms with E-state index in [0.29, 0.717) is 42.2 Å². The molecule has 2 aliphatic carbocycles. The molecule has 2 fully saturated rings. The quantitative estimate of drug-likeness (QED) is 0.809. The first-order valence-corrected chi connectivity index (χ1v) is 9.20. The fourth-order valence-corrected chi connectivity index (χ4v) is 4.53. The predicted molar refractivity (Wildman–Crippen MR) is 94.3 cm³/mol. The molecule has 1 aliphatic heterocycles. The molecule has 0 saturated heterocycles. The van der Waals surface area contributed by atoms with Crippen molar-refractivity contribution in [2.45, 2.75) is 31.7 Å². The lowest BCUT2D eigenvalue weighted by atomic mass is 9.84. The first-order chi connectivity index (χ1) is 12.7. The van der Waals surface area contributed by atoms with Crippen molar-refractivity contribution in [3.63, 3.8) is 0 Å². The molecule has 0 unspecified atom stereocenters. The van der Waals surface area contributed by atoms with Crippen molar-refractivity contribution in [2.75, 3.05) is 25.6 Å². The van der Waals surface area contributed by atoms with Gasteiger partial charge in [0, 0.05) is 24.2 Å². The molecule has 0 radical (unpaired) electrons. The van der Waals surface area contributed by atoms with Gasteiger partial charge in [-0.3, -0.25) is 4.79 Å². The summed E-state index contributed by atoms with van der Waals surface area (Å²) in [7, 11) is 1.41. The summed E-state index contributed by atoms with van der Waals surface area (Å²) < 4.78 is 16.2. The summed E-state index contributed by atoms with van der Waals surface area (Å²) >= 11 is 0. The molecule has 2 saturated carbocycles. The van der Waals surface area contributed by atoms with Crippen LogP contribution in [0.1, 0.15) is 25.7 Å². The second kappa shape index (κ2) is 7.05. The average molecular weight is 360 g/mol. The Kier molecular flexibility index (Phi) is 4.61. The van der Waals surface area contributed by atoms with Crippen molar-refractivity contribution in [2.24, 2.45) is 17.8 Å². The normalized spacial score (nSPS) is 29.0. The Morgan fingerprint density at radius 2 is 1.88 bits per heavy atom. The predicted octanol–water partition coefficient (Wildman–Crippen LogP) is 2.56. The third kappa shape index (κ3) is 3.18. The van der Waals surface area contributed by atoms with Crippen LogP contribution in [0, 0.1) is 17.8 Å². The number of urea groups is 1. The summed E-state index contributed by atoms with van der Waals surface area (Å²) in [6, 6.07) is 4.86. The largest absolute Gasteiger partial charge is 0.490 e. The third-order valence-corrected chi connectivity index (χ3v) is 5.69. The number of carbonyl (C=O) groups excluding carboxylic acids is 2. The van der Waals surface area contributed by atoms with Crippen LogP contribution in [0.4, 0.5) is 10.5 Å². The number of fused-ring (bicyclic) bond motifs is 3. The van der Waals surface area contributed by atoms with E-state index in [4.69, 9.17) is 14.2 Å². The van der Waals surface area contributed by atoms with E-state index in [0.717, 1.165) is 25.7 Å². The summed E-state index contributed by atoms with van der Waals surface area (Å²) in [5.74, 6) is 1.51. The van der Waals surface area contributed by atoms with E-state index >= 15 is 0 Å². The fraction of sp³-hybridized carbons (Fsp3) is 0.579. The van der Waals surface area contributed by atoms with Gasteiger partial charge in [-0.05, 0) is 43.2 Å². The molecular weight excluding hydrogens is 336 g/mol. The lowest BCUT2D eigenvalue weighted by molar-refractivity contribution is -0.148. The monoisotopic (exact) mass is 360 g/mol. The van der Waals surface area contributed by atoms with Gasteiger partial charge in [-0.25, -0.2) is 4.79 Å². The number of anilines is 1. The van der Waals surface area contributed by atoms with Crippen LogP contribution >= 0.6 is 0 Å². The number of methoxy groups -OCH3 is 1. The Bertz CT molecular complexity index is 707. The molecule has 26 heavy (non-hydrogen) atoms. The van der Waals surface area contributed by atoms with Crippen molar-refractivity contribution in [3.8, 4) is 11.5 Å². The van der Waals surface area contributed by atoms with E-state index in [9.17, 15) is 9.59 Å². The van der Waals surface area contributed by atoms with E-state index in [-0.39, 0.29) is 24.0 Å². The Labute approximate surface area is 152 Å². The van der Waals surface area contributed by atoms with Gasteiger partial charge >= 0.3 is 12.0 Å². The number of rotatable bonds is 3. The summed E-state index contributed by atoms with van der Waals surface area (Å²) in [5, 5.41) is 5.83. The number of hydrogen-bond acceptors (Lipinski definition) is 5. The SMILES string of the molecule is COC(=O)[C@H]1[C@H]2CC[C@@H](C2)[C@H]1NC(=O)Nc1ccc2c(c1)OCCCO2. The van der Waals surface area contributed by atoms with Crippen molar-refractivity contribution in [1.29, 1.82) is 0 Å². The van der Waals surface area contributed by atoms with Gasteiger partial charge in [0.1, 0.15) is 0 Å². The van der Waals surface area contributed by atoms with Crippen molar-refractivity contribution in [1.82, 2.24) is 5.32 Å². The Morgan fingerprint density at radius 1 is 1.12 bits per heavy atom. The Balaban J connectivity index is 1.42. The molecular formula is C19H24N2O5. The minimum absolute atomic E-state index is 0.165. The molecule has 1 aromatic rings. The lowest BCUT2D eigenvalue weighted by Crippen LogP contribution is -2.48. The van der Waals surface area contributed by atoms with Crippen LogP contribution in [-0.4, -0.2) is 38.4 Å². The highest BCUT2D eigenvalue weighted by Crippen LogP contribution is 2.49. The van der Waals surface area contributed by atoms with Crippen LogP contribution in [0.2, 0.25) is 0 Å². The zero-order valence-electron chi connectivity index (χ0n) is 14.8. The number of ether oxygens (including phenoxy) is 3. The second-order valence-corrected chi connectivity index (χ2v) is 7.22. The lowest BCUT2D eigenvalue weighted by Gasteiger charge is -2.29. The highest BCUT2D eigenvalue weighted by Gasteiger charge is 2.52. The molecule has 1 aromatic carbocycles. The Hall–Kier alpha value is -2.44. The molecule has 4 atom stereocenters. The number of esters is 1. The summed E-state index contributed by atoms with van der Waals surface area (Å²) in [4.78, 5) is 24.6. The minimum Gasteiger partial charge on any atom is -0.490 e. The van der Waals surface area contributed by atoms with E-state index in [2.05, 4.69) is 10.6 Å². The van der Waals surface area contributed by atoms with E-state index in [1.54, 1.807) is 18.2 Å². The fourth-order valence-electron chi connectivity index (χ4n) is 4.53. The number of nitrogens with one attached hydrogen (secondary N) is 2. The van der Waals surface area contributed by atoms with E-state index in [1.165, 1.54) is 7.11 Å². The van der Waals surface area contributed by atoms with Gasteiger partial charge < -0.3 is 24.8 Å². The molecule has 140 valence electrons. The van der Waals surface area contributed by atoms with Crippen molar-refractivity contribution >= 4 is 17.7 Å². The van der Waals surface area contributed by atoms with Gasteiger partial charge in [-0.15, -0.1) is 0 Å². The van der Waals surface area contributed by atoms with Gasteiger partial charge in [0.15, 0.2) is 11.5 Å². The van der Waals surface area contributed by atoms with Crippen LogP contribution in [0.25, 0.3) is 0 Å². The van der Waals surface area contributed by atoms with Gasteiger partial charge in [0.05, 0.1) is 26.2 Å². The average Bonchev–Trinajstić information content (AvgIpc) is 3.15. The molecule has 0 aromatic heterocycles. The maximum atomic E-state index is 12.5. The molecule has 4 rings (SSSR count). The molecule has 7 nitrogen and oxygen atoms in total. The first-order valence-electron chi connectivity index (χ1n) is 9.20. The zero-order valence-corrected chi connectivity index (χ0v) is 14.8. The first kappa shape index (κ1) is 17.0. The number of hydrogen-bond donors (Lipinski definition) is 2. The molecule has 3 aliphatic rings. The summed E-state index contributed by atoms with van der Waals surface area (Å²) in [5.41, 5.74) is 0.629. The summed E-state index contributed by atoms with van der Waals surface area (Å²) in [6.07, 6.45) is 3.89. The Morgan fingerprint density at radius 3 is 2.69 bits per heavy atom. The topological polar surface area (TPSA) is 85.9 Å². The number of benzene rings is 1. The molecule has 7 heteroatoms. The van der Waals surface area contributed by atoms with Crippen LogP contribution in [0.3, 0.4) is 0 Å². The smallest absolute Gasteiger partial charge is 0.319 e. The molecule has 2 amide bonds. The van der Waals surface area contributed by atoms with Gasteiger partial charge in [-0.2, -0.15) is 0 Å². The van der Waals surface area contributed by atoms with E-state index < -0.39 is 0 Å². The highest BCUT2D eigenvalue weighted by molar-refractivity contribution is 5.90. The van der Waals surface area contributed by atoms with Crippen LogP contribution in [0.15, 0.2) is 18.2 Å². The van der Waals surface area contributed by atoms with Crippen LogP contribution in [-0.2, 0) is 9.53 Å². The van der Waals surface area contributed by atoms with Gasteiger partial charge in [-0.1, -0.05) is 0 Å². The highest BCUT2D eigenvalue weighted by atomic mass is 16.5. The maximum absolute atomic E-state index is 12.5.